The molecule has 0 unspecified atom stereocenters. The molecule has 0 radical (unpaired) electrons. The van der Waals surface area contributed by atoms with Crippen molar-refractivity contribution in [1.29, 1.82) is 0 Å². The van der Waals surface area contributed by atoms with E-state index in [9.17, 15) is 0 Å². The fourth-order valence-electron chi connectivity index (χ4n) is 1.79. The molecule has 1 saturated carbocycles. The van der Waals surface area contributed by atoms with E-state index >= 15 is 0 Å². The summed E-state index contributed by atoms with van der Waals surface area (Å²) in [7, 11) is 0. The maximum Gasteiger partial charge on any atom is 0.227 e. The zero-order valence-electron chi connectivity index (χ0n) is 10.3. The number of aryl methyl sites for hydroxylation is 1. The van der Waals surface area contributed by atoms with E-state index in [0.29, 0.717) is 12.3 Å². The first-order valence-corrected chi connectivity index (χ1v) is 7.13. The number of nitrogens with one attached hydrogen (secondary N) is 1. The van der Waals surface area contributed by atoms with Crippen molar-refractivity contribution in [3.05, 3.63) is 27.8 Å². The van der Waals surface area contributed by atoms with E-state index in [-0.39, 0.29) is 0 Å². The van der Waals surface area contributed by atoms with Crippen LogP contribution in [0.15, 0.2) is 9.90 Å². The monoisotopic (exact) mass is 264 g/mol. The minimum atomic E-state index is 0.657. The molecule has 1 aliphatic rings. The normalized spacial score (nSPS) is 15.2. The van der Waals surface area contributed by atoms with Crippen molar-refractivity contribution in [1.82, 2.24) is 20.4 Å². The molecule has 0 bridgehead atoms. The Hall–Kier alpha value is -1.27. The highest BCUT2D eigenvalue weighted by atomic mass is 32.1. The maximum atomic E-state index is 5.22. The van der Waals surface area contributed by atoms with E-state index in [1.807, 2.05) is 12.3 Å². The zero-order chi connectivity index (χ0) is 12.4. The molecule has 3 rings (SSSR count). The number of thiazole rings is 1. The molecule has 6 heteroatoms. The average Bonchev–Trinajstić information content (AvgIpc) is 2.92. The molecular weight excluding hydrogens is 248 g/mol. The summed E-state index contributed by atoms with van der Waals surface area (Å²) in [6.07, 6.45) is 4.07. The highest BCUT2D eigenvalue weighted by Crippen LogP contribution is 2.18. The largest absolute Gasteiger partial charge is 0.339 e. The minimum absolute atomic E-state index is 0.657. The van der Waals surface area contributed by atoms with Crippen LogP contribution in [0.3, 0.4) is 0 Å². The maximum absolute atomic E-state index is 5.22. The summed E-state index contributed by atoms with van der Waals surface area (Å²) in [6, 6.07) is 0.727. The Kier molecular flexibility index (Phi) is 3.38. The first-order chi connectivity index (χ1) is 8.79. The standard InChI is InChI=1S/C12H16N4OS/c1-8-14-10(7-18-8)6-11-15-12(17-16-11)4-5-13-9-2-3-9/h7,9,13H,2-6H2,1H3. The van der Waals surface area contributed by atoms with Gasteiger partial charge in [0.15, 0.2) is 5.82 Å². The third kappa shape index (κ3) is 3.14. The van der Waals surface area contributed by atoms with Crippen molar-refractivity contribution in [3.8, 4) is 0 Å². The average molecular weight is 264 g/mol. The van der Waals surface area contributed by atoms with Gasteiger partial charge in [0.2, 0.25) is 5.89 Å². The highest BCUT2D eigenvalue weighted by molar-refractivity contribution is 7.09. The Morgan fingerprint density at radius 3 is 3.06 bits per heavy atom. The van der Waals surface area contributed by atoms with Crippen molar-refractivity contribution in [3.63, 3.8) is 0 Å². The third-order valence-electron chi connectivity index (χ3n) is 2.87. The van der Waals surface area contributed by atoms with Gasteiger partial charge in [-0.15, -0.1) is 11.3 Å². The number of hydrogen-bond donors (Lipinski definition) is 1. The minimum Gasteiger partial charge on any atom is -0.339 e. The number of rotatable bonds is 6. The molecule has 18 heavy (non-hydrogen) atoms. The number of hydrogen-bond acceptors (Lipinski definition) is 6. The summed E-state index contributed by atoms with van der Waals surface area (Å²) in [6.45, 7) is 2.92. The molecule has 1 fully saturated rings. The Balaban J connectivity index is 1.52. The first kappa shape index (κ1) is 11.8. The van der Waals surface area contributed by atoms with Crippen LogP contribution in [0.4, 0.5) is 0 Å². The SMILES string of the molecule is Cc1nc(Cc2noc(CCNC3CC3)n2)cs1. The van der Waals surface area contributed by atoms with E-state index in [1.165, 1.54) is 12.8 Å². The molecule has 0 atom stereocenters. The number of nitrogens with zero attached hydrogens (tertiary/aromatic N) is 3. The summed E-state index contributed by atoms with van der Waals surface area (Å²) in [5.74, 6) is 1.44. The van der Waals surface area contributed by atoms with Gasteiger partial charge in [-0.05, 0) is 19.8 Å². The van der Waals surface area contributed by atoms with Crippen molar-refractivity contribution in [2.24, 2.45) is 0 Å². The molecule has 2 aromatic heterocycles. The van der Waals surface area contributed by atoms with Crippen LogP contribution in [0.1, 0.15) is 35.3 Å². The molecule has 1 N–H and O–H groups in total. The topological polar surface area (TPSA) is 63.8 Å². The summed E-state index contributed by atoms with van der Waals surface area (Å²) < 4.78 is 5.22. The van der Waals surface area contributed by atoms with Crippen molar-refractivity contribution in [2.75, 3.05) is 6.54 Å². The molecule has 0 aromatic carbocycles. The van der Waals surface area contributed by atoms with Gasteiger partial charge in [-0.25, -0.2) is 4.98 Å². The molecule has 0 amide bonds. The first-order valence-electron chi connectivity index (χ1n) is 6.25. The van der Waals surface area contributed by atoms with Crippen LogP contribution >= 0.6 is 11.3 Å². The molecular formula is C12H16N4OS. The van der Waals surface area contributed by atoms with Crippen LogP contribution in [-0.4, -0.2) is 27.7 Å². The molecule has 2 heterocycles. The van der Waals surface area contributed by atoms with Gasteiger partial charge in [0.05, 0.1) is 17.1 Å². The fourth-order valence-corrected chi connectivity index (χ4v) is 2.40. The molecule has 5 nitrogen and oxygen atoms in total. The molecule has 96 valence electrons. The lowest BCUT2D eigenvalue weighted by Crippen LogP contribution is -2.19. The Morgan fingerprint density at radius 2 is 2.33 bits per heavy atom. The summed E-state index contributed by atoms with van der Waals surface area (Å²) in [5, 5.41) is 10.5. The van der Waals surface area contributed by atoms with Crippen molar-refractivity contribution < 1.29 is 4.52 Å². The van der Waals surface area contributed by atoms with Crippen LogP contribution in [0.25, 0.3) is 0 Å². The van der Waals surface area contributed by atoms with Gasteiger partial charge >= 0.3 is 0 Å². The Morgan fingerprint density at radius 1 is 1.44 bits per heavy atom. The van der Waals surface area contributed by atoms with E-state index in [2.05, 4.69) is 20.4 Å². The number of aromatic nitrogens is 3. The smallest absolute Gasteiger partial charge is 0.227 e. The summed E-state index contributed by atoms with van der Waals surface area (Å²) in [4.78, 5) is 8.77. The quantitative estimate of drug-likeness (QED) is 0.860. The van der Waals surface area contributed by atoms with Crippen molar-refractivity contribution >= 4 is 11.3 Å². The van der Waals surface area contributed by atoms with Crippen LogP contribution in [-0.2, 0) is 12.8 Å². The lowest BCUT2D eigenvalue weighted by molar-refractivity contribution is 0.371. The molecule has 1 aliphatic carbocycles. The van der Waals surface area contributed by atoms with Gasteiger partial charge in [0.1, 0.15) is 0 Å². The van der Waals surface area contributed by atoms with Gasteiger partial charge in [-0.2, -0.15) is 4.98 Å². The predicted molar refractivity (Wildman–Crippen MR) is 68.7 cm³/mol. The van der Waals surface area contributed by atoms with Crippen LogP contribution < -0.4 is 5.32 Å². The molecule has 2 aromatic rings. The van der Waals surface area contributed by atoms with E-state index in [1.54, 1.807) is 11.3 Å². The van der Waals surface area contributed by atoms with Crippen LogP contribution in [0.2, 0.25) is 0 Å². The predicted octanol–water partition coefficient (Wildman–Crippen LogP) is 1.72. The van der Waals surface area contributed by atoms with Crippen LogP contribution in [0.5, 0.6) is 0 Å². The second kappa shape index (κ2) is 5.16. The summed E-state index contributed by atoms with van der Waals surface area (Å²) in [5.41, 5.74) is 1.01. The zero-order valence-corrected chi connectivity index (χ0v) is 11.2. The lowest BCUT2D eigenvalue weighted by atomic mass is 10.3. The van der Waals surface area contributed by atoms with Crippen molar-refractivity contribution in [2.45, 2.75) is 38.6 Å². The molecule has 0 saturated heterocycles. The van der Waals surface area contributed by atoms with Gasteiger partial charge in [0.25, 0.3) is 0 Å². The lowest BCUT2D eigenvalue weighted by Gasteiger charge is -1.97. The van der Waals surface area contributed by atoms with Gasteiger partial charge in [-0.3, -0.25) is 0 Å². The Bertz CT molecular complexity index is 518. The highest BCUT2D eigenvalue weighted by Gasteiger charge is 2.20. The van der Waals surface area contributed by atoms with Gasteiger partial charge in [0, 0.05) is 24.4 Å². The van der Waals surface area contributed by atoms with E-state index in [0.717, 1.165) is 35.5 Å². The van der Waals surface area contributed by atoms with E-state index < -0.39 is 0 Å². The fraction of sp³-hybridized carbons (Fsp3) is 0.583. The molecule has 0 aliphatic heterocycles. The summed E-state index contributed by atoms with van der Waals surface area (Å²) >= 11 is 1.65. The Labute approximate surface area is 110 Å². The van der Waals surface area contributed by atoms with Gasteiger partial charge < -0.3 is 9.84 Å². The third-order valence-corrected chi connectivity index (χ3v) is 3.69. The molecule has 0 spiro atoms. The van der Waals surface area contributed by atoms with Crippen LogP contribution in [0, 0.1) is 6.92 Å². The van der Waals surface area contributed by atoms with Gasteiger partial charge in [-0.1, -0.05) is 5.16 Å². The second-order valence-electron chi connectivity index (χ2n) is 4.62. The second-order valence-corrected chi connectivity index (χ2v) is 5.68. The van der Waals surface area contributed by atoms with E-state index in [4.69, 9.17) is 4.52 Å².